The lowest BCUT2D eigenvalue weighted by molar-refractivity contribution is -0.133. The molecule has 1 N–H and O–H groups in total. The number of nitrogens with one attached hydrogen (secondary N) is 1. The molecular weight excluding hydrogens is 188 g/mol. The van der Waals surface area contributed by atoms with Gasteiger partial charge in [-0.15, -0.1) is 0 Å². The van der Waals surface area contributed by atoms with Crippen molar-refractivity contribution in [3.05, 3.63) is 0 Å². The van der Waals surface area contributed by atoms with Crippen molar-refractivity contribution < 1.29 is 9.59 Å². The van der Waals surface area contributed by atoms with Gasteiger partial charge in [0, 0.05) is 25.9 Å². The quantitative estimate of drug-likeness (QED) is 0.597. The van der Waals surface area contributed by atoms with Gasteiger partial charge in [0.05, 0.1) is 0 Å². The van der Waals surface area contributed by atoms with Crippen molar-refractivity contribution in [1.82, 2.24) is 9.62 Å². The number of thiol groups is 1. The maximum Gasteiger partial charge on any atom is 0.232 e. The number of nitrogens with zero attached hydrogens (tertiary/aromatic N) is 1. The second-order valence-corrected chi connectivity index (χ2v) is 3.48. The van der Waals surface area contributed by atoms with Gasteiger partial charge in [-0.3, -0.25) is 9.59 Å². The predicted molar refractivity (Wildman–Crippen MR) is 52.1 cm³/mol. The van der Waals surface area contributed by atoms with Crippen LogP contribution in [0.1, 0.15) is 19.8 Å². The largest absolute Gasteiger partial charge is 0.343 e. The Balaban J connectivity index is 2.39. The average Bonchev–Trinajstić information content (AvgIpc) is 2.17. The van der Waals surface area contributed by atoms with Gasteiger partial charge in [-0.2, -0.15) is 0 Å². The van der Waals surface area contributed by atoms with E-state index in [2.05, 4.69) is 17.5 Å². The number of amides is 2. The molecule has 0 aromatic heterocycles. The molecule has 0 aromatic rings. The molecule has 74 valence electrons. The molecule has 0 saturated carbocycles. The number of hydrogen-bond acceptors (Lipinski definition) is 3. The Bertz CT molecular complexity index is 212. The summed E-state index contributed by atoms with van der Waals surface area (Å²) in [5.41, 5.74) is 0. The van der Waals surface area contributed by atoms with E-state index in [1.807, 2.05) is 0 Å². The third-order valence-electron chi connectivity index (χ3n) is 2.42. The number of rotatable bonds is 1. The Labute approximate surface area is 83.2 Å². The van der Waals surface area contributed by atoms with Crippen molar-refractivity contribution in [2.45, 2.75) is 19.8 Å². The fraction of sp³-hybridized carbons (Fsp3) is 0.750. The van der Waals surface area contributed by atoms with Crippen LogP contribution in [-0.4, -0.2) is 29.8 Å². The highest BCUT2D eigenvalue weighted by molar-refractivity contribution is 7.78. The first-order valence-corrected chi connectivity index (χ1v) is 4.79. The third kappa shape index (κ3) is 2.62. The number of carbonyl (C=O) groups excluding carboxylic acids is 2. The summed E-state index contributed by atoms with van der Waals surface area (Å²) in [6.45, 7) is 2.92. The van der Waals surface area contributed by atoms with Crippen molar-refractivity contribution in [1.29, 1.82) is 0 Å². The number of likely N-dealkylation sites (tertiary alicyclic amines) is 1. The van der Waals surface area contributed by atoms with Gasteiger partial charge in [0.15, 0.2) is 0 Å². The molecule has 1 aliphatic heterocycles. The molecule has 1 heterocycles. The summed E-state index contributed by atoms with van der Waals surface area (Å²) in [5, 5.41) is 0. The molecule has 0 radical (unpaired) electrons. The van der Waals surface area contributed by atoms with Crippen molar-refractivity contribution in [3.63, 3.8) is 0 Å². The van der Waals surface area contributed by atoms with E-state index in [0.717, 1.165) is 12.8 Å². The second-order valence-electron chi connectivity index (χ2n) is 3.26. The van der Waals surface area contributed by atoms with Crippen LogP contribution in [0, 0.1) is 5.92 Å². The van der Waals surface area contributed by atoms with Gasteiger partial charge in [0.1, 0.15) is 0 Å². The first-order valence-electron chi connectivity index (χ1n) is 4.34. The van der Waals surface area contributed by atoms with E-state index >= 15 is 0 Å². The van der Waals surface area contributed by atoms with Crippen molar-refractivity contribution in [2.24, 2.45) is 5.92 Å². The van der Waals surface area contributed by atoms with Crippen molar-refractivity contribution in [2.75, 3.05) is 13.1 Å². The van der Waals surface area contributed by atoms with Gasteiger partial charge < -0.3 is 9.62 Å². The number of hydrogen-bond donors (Lipinski definition) is 2. The van der Waals surface area contributed by atoms with Crippen LogP contribution in [0.15, 0.2) is 0 Å². The fourth-order valence-corrected chi connectivity index (χ4v) is 1.73. The Kier molecular flexibility index (Phi) is 3.59. The van der Waals surface area contributed by atoms with Crippen LogP contribution < -0.4 is 4.72 Å². The Morgan fingerprint density at radius 1 is 1.38 bits per heavy atom. The molecule has 4 nitrogen and oxygen atoms in total. The zero-order valence-corrected chi connectivity index (χ0v) is 8.51. The average molecular weight is 202 g/mol. The van der Waals surface area contributed by atoms with Crippen LogP contribution in [0.3, 0.4) is 0 Å². The maximum absolute atomic E-state index is 11.2. The summed E-state index contributed by atoms with van der Waals surface area (Å²) < 4.78 is 2.33. The van der Waals surface area contributed by atoms with E-state index in [1.54, 1.807) is 11.8 Å². The SMILES string of the molecule is CC(=O)N1CCC(C(=O)NS)CC1. The van der Waals surface area contributed by atoms with Crippen LogP contribution in [0.4, 0.5) is 0 Å². The Morgan fingerprint density at radius 3 is 2.31 bits per heavy atom. The molecule has 1 rings (SSSR count). The molecule has 0 atom stereocenters. The molecule has 0 spiro atoms. The van der Waals surface area contributed by atoms with Crippen molar-refractivity contribution in [3.8, 4) is 0 Å². The summed E-state index contributed by atoms with van der Waals surface area (Å²) in [4.78, 5) is 23.9. The van der Waals surface area contributed by atoms with Gasteiger partial charge in [0.2, 0.25) is 11.8 Å². The zero-order chi connectivity index (χ0) is 9.84. The monoisotopic (exact) mass is 202 g/mol. The summed E-state index contributed by atoms with van der Waals surface area (Å²) in [6.07, 6.45) is 1.48. The zero-order valence-electron chi connectivity index (χ0n) is 7.62. The molecular formula is C8H14N2O2S. The van der Waals surface area contributed by atoms with Crippen LogP contribution in [0.5, 0.6) is 0 Å². The molecule has 2 amide bonds. The van der Waals surface area contributed by atoms with Crippen LogP contribution in [0.2, 0.25) is 0 Å². The first-order chi connectivity index (χ1) is 6.15. The van der Waals surface area contributed by atoms with E-state index in [-0.39, 0.29) is 17.7 Å². The highest BCUT2D eigenvalue weighted by Gasteiger charge is 2.25. The standard InChI is InChI=1S/C8H14N2O2S/c1-6(11)10-4-2-7(3-5-10)8(12)9-13/h7,13H,2-5H2,1H3,(H,9,12). The molecule has 0 unspecified atom stereocenters. The molecule has 1 aliphatic rings. The topological polar surface area (TPSA) is 49.4 Å². The highest BCUT2D eigenvalue weighted by Crippen LogP contribution is 2.17. The fourth-order valence-electron chi connectivity index (χ4n) is 1.55. The van der Waals surface area contributed by atoms with E-state index in [0.29, 0.717) is 13.1 Å². The summed E-state index contributed by atoms with van der Waals surface area (Å²) in [6, 6.07) is 0. The third-order valence-corrected chi connectivity index (χ3v) is 2.64. The van der Waals surface area contributed by atoms with Gasteiger partial charge in [0.25, 0.3) is 0 Å². The van der Waals surface area contributed by atoms with Crippen LogP contribution >= 0.6 is 12.8 Å². The summed E-state index contributed by atoms with van der Waals surface area (Å²) in [5.74, 6) is 0.0735. The molecule has 0 bridgehead atoms. The minimum Gasteiger partial charge on any atom is -0.343 e. The predicted octanol–water partition coefficient (Wildman–Crippen LogP) is 0.206. The van der Waals surface area contributed by atoms with Gasteiger partial charge >= 0.3 is 0 Å². The van der Waals surface area contributed by atoms with Crippen LogP contribution in [0.25, 0.3) is 0 Å². The minimum absolute atomic E-state index is 0.0214. The van der Waals surface area contributed by atoms with Gasteiger partial charge in [-0.1, -0.05) is 12.8 Å². The second kappa shape index (κ2) is 4.50. The lowest BCUT2D eigenvalue weighted by atomic mass is 9.96. The molecule has 5 heteroatoms. The summed E-state index contributed by atoms with van der Waals surface area (Å²) >= 11 is 3.71. The van der Waals surface area contributed by atoms with E-state index in [1.165, 1.54) is 0 Å². The lowest BCUT2D eigenvalue weighted by Crippen LogP contribution is -2.40. The smallest absolute Gasteiger partial charge is 0.232 e. The van der Waals surface area contributed by atoms with E-state index in [4.69, 9.17) is 0 Å². The highest BCUT2D eigenvalue weighted by atomic mass is 32.1. The first kappa shape index (κ1) is 10.4. The molecule has 13 heavy (non-hydrogen) atoms. The van der Waals surface area contributed by atoms with Gasteiger partial charge in [-0.05, 0) is 12.8 Å². The summed E-state index contributed by atoms with van der Waals surface area (Å²) in [7, 11) is 0. The number of piperidine rings is 1. The van der Waals surface area contributed by atoms with Gasteiger partial charge in [-0.25, -0.2) is 0 Å². The lowest BCUT2D eigenvalue weighted by Gasteiger charge is -2.30. The molecule has 0 aliphatic carbocycles. The Morgan fingerprint density at radius 2 is 1.92 bits per heavy atom. The van der Waals surface area contributed by atoms with Crippen LogP contribution in [-0.2, 0) is 9.59 Å². The Hall–Kier alpha value is -0.710. The van der Waals surface area contributed by atoms with E-state index < -0.39 is 0 Å². The molecule has 1 saturated heterocycles. The molecule has 1 fully saturated rings. The van der Waals surface area contributed by atoms with Crippen molar-refractivity contribution >= 4 is 24.6 Å². The number of carbonyl (C=O) groups is 2. The maximum atomic E-state index is 11.2. The minimum atomic E-state index is -0.0356. The normalized spacial score (nSPS) is 18.5. The molecule has 0 aromatic carbocycles. The van der Waals surface area contributed by atoms with E-state index in [9.17, 15) is 9.59 Å².